The van der Waals surface area contributed by atoms with Crippen molar-refractivity contribution in [2.75, 3.05) is 9.80 Å². The normalized spacial score (nSPS) is 14.9. The Morgan fingerprint density at radius 3 is 1.48 bits per heavy atom. The van der Waals surface area contributed by atoms with Gasteiger partial charge in [0.05, 0.1) is 22.7 Å². The molecule has 0 amide bonds. The van der Waals surface area contributed by atoms with Gasteiger partial charge in [0, 0.05) is 17.4 Å². The Labute approximate surface area is 243 Å². The fourth-order valence-electron chi connectivity index (χ4n) is 8.17. The Bertz CT molecular complexity index is 2070. The van der Waals surface area contributed by atoms with Crippen molar-refractivity contribution in [2.45, 2.75) is 0 Å². The van der Waals surface area contributed by atoms with Crippen molar-refractivity contribution in [1.29, 1.82) is 0 Å². The Morgan fingerprint density at radius 2 is 0.905 bits per heavy atom. The van der Waals surface area contributed by atoms with Gasteiger partial charge in [-0.25, -0.2) is 0 Å². The molecule has 0 spiro atoms. The quantitative estimate of drug-likeness (QED) is 0.283. The number of nitrogens with zero attached hydrogens (tertiary/aromatic N) is 2. The minimum absolute atomic E-state index is 0.0544. The molecule has 0 saturated heterocycles. The summed E-state index contributed by atoms with van der Waals surface area (Å²) in [4.78, 5) is 4.99. The second kappa shape index (κ2) is 7.29. The van der Waals surface area contributed by atoms with Crippen LogP contribution >= 0.6 is 0 Å². The lowest BCUT2D eigenvalue weighted by molar-refractivity contribution is 0.465. The van der Waals surface area contributed by atoms with E-state index < -0.39 is 0 Å². The van der Waals surface area contributed by atoms with Crippen molar-refractivity contribution in [2.24, 2.45) is 0 Å². The maximum absolute atomic E-state index is 6.71. The number of para-hydroxylation sites is 5. The first-order valence-electron chi connectivity index (χ1n) is 14.5. The molecule has 4 nitrogen and oxygen atoms in total. The molecule has 0 aliphatic carbocycles. The molecule has 0 aromatic heterocycles. The smallest absolute Gasteiger partial charge is 0.256 e. The zero-order chi connectivity index (χ0) is 27.1. The molecule has 0 atom stereocenters. The molecule has 0 unspecified atom stereocenters. The summed E-state index contributed by atoms with van der Waals surface area (Å²) in [5.74, 6) is 3.59. The standard InChI is InChI=1S/C36H20B2N2O2/c1-2-10-21(11-3-1)39-26-16-8-14-24-34(26)40-35-25(15-9-17-27(35)39)38-23-13-5-7-19-29(23)42-31-20-30-32(36(40)33(31)38)37(24)22-12-4-6-18-28(22)41-30/h1-20H. The largest absolute Gasteiger partial charge is 0.458 e. The van der Waals surface area contributed by atoms with E-state index in [9.17, 15) is 0 Å². The summed E-state index contributed by atoms with van der Waals surface area (Å²) in [5.41, 5.74) is 14.7. The van der Waals surface area contributed by atoms with E-state index in [1.165, 1.54) is 61.2 Å². The second-order valence-electron chi connectivity index (χ2n) is 11.6. The highest BCUT2D eigenvalue weighted by atomic mass is 16.5. The van der Waals surface area contributed by atoms with E-state index in [1.807, 2.05) is 0 Å². The molecular formula is C36H20B2N2O2. The number of anilines is 6. The SMILES string of the molecule is c1ccc(N2c3cccc4c3N3c5c(cccc52)B2c5ccccc5Oc5cc6c(c3c52)B4c2ccccc2O6)cc1. The van der Waals surface area contributed by atoms with E-state index >= 15 is 0 Å². The summed E-state index contributed by atoms with van der Waals surface area (Å²) in [5, 5.41) is 0. The van der Waals surface area contributed by atoms with E-state index in [2.05, 4.69) is 131 Å². The monoisotopic (exact) mass is 534 g/mol. The third-order valence-corrected chi connectivity index (χ3v) is 9.66. The predicted molar refractivity (Wildman–Crippen MR) is 172 cm³/mol. The number of rotatable bonds is 1. The van der Waals surface area contributed by atoms with Gasteiger partial charge in [0.2, 0.25) is 0 Å². The van der Waals surface area contributed by atoms with E-state index in [4.69, 9.17) is 9.47 Å². The van der Waals surface area contributed by atoms with Gasteiger partial charge in [0.1, 0.15) is 23.0 Å². The van der Waals surface area contributed by atoms with Gasteiger partial charge in [0.15, 0.2) is 0 Å². The fraction of sp³-hybridized carbons (Fsp3) is 0. The highest BCUT2D eigenvalue weighted by molar-refractivity contribution is 7.04. The lowest BCUT2D eigenvalue weighted by atomic mass is 9.29. The summed E-state index contributed by atoms with van der Waals surface area (Å²) in [6.07, 6.45) is 0. The first kappa shape index (κ1) is 21.4. The van der Waals surface area contributed by atoms with Crippen molar-refractivity contribution in [3.63, 3.8) is 0 Å². The summed E-state index contributed by atoms with van der Waals surface area (Å²) in [6, 6.07) is 43.5. The van der Waals surface area contributed by atoms with E-state index in [0.29, 0.717) is 0 Å². The van der Waals surface area contributed by atoms with Crippen LogP contribution in [0.25, 0.3) is 0 Å². The molecule has 0 radical (unpaired) electrons. The van der Waals surface area contributed by atoms with Crippen LogP contribution in [0.2, 0.25) is 0 Å². The van der Waals surface area contributed by atoms with Crippen LogP contribution in [0.4, 0.5) is 34.1 Å². The van der Waals surface area contributed by atoms with Crippen LogP contribution in [0.15, 0.2) is 121 Å². The minimum atomic E-state index is 0.0544. The Morgan fingerprint density at radius 1 is 0.405 bits per heavy atom. The van der Waals surface area contributed by atoms with Crippen LogP contribution in [0.5, 0.6) is 23.0 Å². The average molecular weight is 534 g/mol. The first-order valence-corrected chi connectivity index (χ1v) is 14.5. The average Bonchev–Trinajstić information content (AvgIpc) is 3.04. The molecule has 0 bridgehead atoms. The highest BCUT2D eigenvalue weighted by Crippen LogP contribution is 2.56. The van der Waals surface area contributed by atoms with E-state index in [1.54, 1.807) is 0 Å². The lowest BCUT2D eigenvalue weighted by Crippen LogP contribution is -2.67. The molecule has 0 N–H and O–H groups in total. The number of fused-ring (bicyclic) bond motifs is 6. The van der Waals surface area contributed by atoms with Crippen LogP contribution in [0, 0.1) is 0 Å². The van der Waals surface area contributed by atoms with Gasteiger partial charge < -0.3 is 19.3 Å². The molecule has 42 heavy (non-hydrogen) atoms. The molecule has 5 heterocycles. The molecule has 6 aromatic carbocycles. The third-order valence-electron chi connectivity index (χ3n) is 9.66. The molecule has 11 rings (SSSR count). The van der Waals surface area contributed by atoms with E-state index in [-0.39, 0.29) is 13.4 Å². The Hall–Kier alpha value is -5.35. The van der Waals surface area contributed by atoms with Crippen LogP contribution in [0.1, 0.15) is 0 Å². The molecule has 5 aliphatic rings. The van der Waals surface area contributed by atoms with Crippen LogP contribution < -0.4 is 52.1 Å². The number of ether oxygens (including phenoxy) is 2. The zero-order valence-electron chi connectivity index (χ0n) is 22.4. The van der Waals surface area contributed by atoms with Crippen molar-refractivity contribution in [1.82, 2.24) is 0 Å². The Balaban J connectivity index is 1.34. The molecule has 0 fully saturated rings. The second-order valence-corrected chi connectivity index (χ2v) is 11.6. The summed E-state index contributed by atoms with van der Waals surface area (Å²) >= 11 is 0. The maximum atomic E-state index is 6.71. The molecule has 192 valence electrons. The van der Waals surface area contributed by atoms with E-state index in [0.717, 1.165) is 28.7 Å². The van der Waals surface area contributed by atoms with Crippen LogP contribution in [-0.4, -0.2) is 13.4 Å². The van der Waals surface area contributed by atoms with Crippen LogP contribution in [-0.2, 0) is 0 Å². The summed E-state index contributed by atoms with van der Waals surface area (Å²) in [6.45, 7) is 0.109. The first-order chi connectivity index (χ1) is 20.9. The molecule has 6 heteroatoms. The van der Waals surface area contributed by atoms with Gasteiger partial charge in [-0.05, 0) is 69.2 Å². The molecule has 0 saturated carbocycles. The van der Waals surface area contributed by atoms with Gasteiger partial charge in [-0.1, -0.05) is 78.9 Å². The van der Waals surface area contributed by atoms with Crippen LogP contribution in [0.3, 0.4) is 0 Å². The van der Waals surface area contributed by atoms with Crippen molar-refractivity contribution >= 4 is 80.3 Å². The molecular weight excluding hydrogens is 514 g/mol. The fourth-order valence-corrected chi connectivity index (χ4v) is 8.17. The molecule has 6 aromatic rings. The number of benzene rings is 6. The maximum Gasteiger partial charge on any atom is 0.256 e. The Kier molecular flexibility index (Phi) is 3.71. The zero-order valence-corrected chi connectivity index (χ0v) is 22.4. The third kappa shape index (κ3) is 2.37. The highest BCUT2D eigenvalue weighted by Gasteiger charge is 2.53. The van der Waals surface area contributed by atoms with Crippen molar-refractivity contribution in [3.8, 4) is 23.0 Å². The van der Waals surface area contributed by atoms with Gasteiger partial charge in [-0.2, -0.15) is 0 Å². The van der Waals surface area contributed by atoms with Gasteiger partial charge in [0.25, 0.3) is 13.4 Å². The minimum Gasteiger partial charge on any atom is -0.458 e. The topological polar surface area (TPSA) is 24.9 Å². The number of hydrogen-bond donors (Lipinski definition) is 0. The van der Waals surface area contributed by atoms with Gasteiger partial charge >= 0.3 is 0 Å². The van der Waals surface area contributed by atoms with Crippen molar-refractivity contribution in [3.05, 3.63) is 121 Å². The summed E-state index contributed by atoms with van der Waals surface area (Å²) < 4.78 is 13.4. The van der Waals surface area contributed by atoms with Crippen molar-refractivity contribution < 1.29 is 9.47 Å². The predicted octanol–water partition coefficient (Wildman–Crippen LogP) is 4.81. The summed E-state index contributed by atoms with van der Waals surface area (Å²) in [7, 11) is 0. The lowest BCUT2D eigenvalue weighted by Gasteiger charge is -2.51. The number of hydrogen-bond acceptors (Lipinski definition) is 4. The van der Waals surface area contributed by atoms with Gasteiger partial charge in [-0.3, -0.25) is 0 Å². The van der Waals surface area contributed by atoms with Gasteiger partial charge in [-0.15, -0.1) is 0 Å². The molecule has 5 aliphatic heterocycles.